The number of hydrogen-bond acceptors (Lipinski definition) is 4. The number of rotatable bonds is 5. The molecular formula is C25H20ClFN4O3. The molecule has 34 heavy (non-hydrogen) atoms. The van der Waals surface area contributed by atoms with Crippen molar-refractivity contribution in [3.05, 3.63) is 94.2 Å². The van der Waals surface area contributed by atoms with Crippen LogP contribution in [0.4, 0.5) is 14.9 Å². The van der Waals surface area contributed by atoms with E-state index in [1.54, 1.807) is 19.2 Å². The molecule has 1 N–H and O–H groups in total. The van der Waals surface area contributed by atoms with E-state index >= 15 is 0 Å². The van der Waals surface area contributed by atoms with Gasteiger partial charge in [0.05, 0.1) is 36.6 Å². The van der Waals surface area contributed by atoms with Gasteiger partial charge in [-0.2, -0.15) is 0 Å². The summed E-state index contributed by atoms with van der Waals surface area (Å²) in [5.74, 6) is -0.262. The van der Waals surface area contributed by atoms with Gasteiger partial charge in [-0.3, -0.25) is 14.7 Å². The van der Waals surface area contributed by atoms with Crippen molar-refractivity contribution in [2.24, 2.45) is 0 Å². The number of anilines is 1. The summed E-state index contributed by atoms with van der Waals surface area (Å²) in [7, 11) is 1.64. The largest absolute Gasteiger partial charge is 0.459 e. The first-order valence-corrected chi connectivity index (χ1v) is 11.0. The van der Waals surface area contributed by atoms with Gasteiger partial charge < -0.3 is 14.6 Å². The summed E-state index contributed by atoms with van der Waals surface area (Å²) in [6, 6.07) is 15.1. The zero-order valence-corrected chi connectivity index (χ0v) is 19.0. The van der Waals surface area contributed by atoms with Crippen molar-refractivity contribution in [1.29, 1.82) is 0 Å². The number of furan rings is 1. The number of amides is 3. The molecule has 0 radical (unpaired) electrons. The zero-order chi connectivity index (χ0) is 23.8. The normalized spacial score (nSPS) is 13.3. The minimum atomic E-state index is -0.511. The molecule has 0 bridgehead atoms. The Kier molecular flexibility index (Phi) is 5.67. The molecule has 3 amide bonds. The third-order valence-electron chi connectivity index (χ3n) is 5.72. The Bertz CT molecular complexity index is 1370. The van der Waals surface area contributed by atoms with Crippen LogP contribution in [-0.4, -0.2) is 28.9 Å². The Morgan fingerprint density at radius 3 is 2.82 bits per heavy atom. The van der Waals surface area contributed by atoms with Crippen LogP contribution in [0.2, 0.25) is 5.02 Å². The molecule has 5 rings (SSSR count). The first kappa shape index (κ1) is 21.9. The molecule has 0 aliphatic carbocycles. The predicted molar refractivity (Wildman–Crippen MR) is 126 cm³/mol. The molecule has 1 aliphatic heterocycles. The topological polar surface area (TPSA) is 78.7 Å². The molecule has 0 saturated heterocycles. The van der Waals surface area contributed by atoms with Gasteiger partial charge in [-0.05, 0) is 30.3 Å². The summed E-state index contributed by atoms with van der Waals surface area (Å²) in [6.07, 6.45) is 1.46. The molecule has 0 saturated carbocycles. The van der Waals surface area contributed by atoms with Crippen LogP contribution in [0, 0.1) is 5.82 Å². The van der Waals surface area contributed by atoms with E-state index in [-0.39, 0.29) is 47.7 Å². The number of urea groups is 1. The van der Waals surface area contributed by atoms with Crippen LogP contribution < -0.4 is 10.2 Å². The maximum absolute atomic E-state index is 14.4. The van der Waals surface area contributed by atoms with E-state index in [1.165, 1.54) is 28.1 Å². The first-order chi connectivity index (χ1) is 16.4. The van der Waals surface area contributed by atoms with Crippen LogP contribution in [0.15, 0.2) is 65.2 Å². The van der Waals surface area contributed by atoms with Crippen LogP contribution in [0.1, 0.15) is 27.4 Å². The predicted octanol–water partition coefficient (Wildman–Crippen LogP) is 5.12. The van der Waals surface area contributed by atoms with Gasteiger partial charge in [0.2, 0.25) is 0 Å². The smallest absolute Gasteiger partial charge is 0.324 e. The fraction of sp³-hybridized carbons (Fsp3) is 0.160. The van der Waals surface area contributed by atoms with Crippen molar-refractivity contribution in [2.45, 2.75) is 19.6 Å². The summed E-state index contributed by atoms with van der Waals surface area (Å²) < 4.78 is 20.2. The highest BCUT2D eigenvalue weighted by molar-refractivity contribution is 6.31. The Hall–Kier alpha value is -3.91. The molecule has 2 aromatic heterocycles. The van der Waals surface area contributed by atoms with Gasteiger partial charge in [0.25, 0.3) is 5.91 Å². The lowest BCUT2D eigenvalue weighted by molar-refractivity contribution is 0.0947. The van der Waals surface area contributed by atoms with Crippen molar-refractivity contribution in [3.8, 4) is 0 Å². The van der Waals surface area contributed by atoms with E-state index in [0.717, 1.165) is 11.0 Å². The Labute approximate surface area is 199 Å². The average Bonchev–Trinajstić information content (AvgIpc) is 3.25. The van der Waals surface area contributed by atoms with Crippen LogP contribution in [-0.2, 0) is 19.6 Å². The number of halogens is 2. The van der Waals surface area contributed by atoms with Crippen molar-refractivity contribution >= 4 is 40.2 Å². The molecule has 0 atom stereocenters. The highest BCUT2D eigenvalue weighted by atomic mass is 35.5. The van der Waals surface area contributed by atoms with Gasteiger partial charge in [-0.25, -0.2) is 9.18 Å². The second-order valence-corrected chi connectivity index (χ2v) is 8.46. The zero-order valence-electron chi connectivity index (χ0n) is 18.2. The number of aromatic nitrogens is 1. The summed E-state index contributed by atoms with van der Waals surface area (Å²) >= 11 is 6.19. The van der Waals surface area contributed by atoms with Crippen LogP contribution in [0.5, 0.6) is 0 Å². The van der Waals surface area contributed by atoms with E-state index < -0.39 is 5.82 Å². The molecule has 4 aromatic rings. The van der Waals surface area contributed by atoms with Crippen molar-refractivity contribution in [1.82, 2.24) is 15.2 Å². The summed E-state index contributed by atoms with van der Waals surface area (Å²) in [4.78, 5) is 33.1. The Balaban J connectivity index is 1.40. The number of pyridine rings is 1. The second-order valence-electron chi connectivity index (χ2n) is 8.05. The number of hydrogen-bond donors (Lipinski definition) is 1. The Morgan fingerprint density at radius 2 is 2.03 bits per heavy atom. The maximum Gasteiger partial charge on any atom is 0.324 e. The molecule has 2 aromatic carbocycles. The minimum absolute atomic E-state index is 0.0899. The van der Waals surface area contributed by atoms with Crippen LogP contribution >= 0.6 is 11.6 Å². The van der Waals surface area contributed by atoms with Gasteiger partial charge in [0.15, 0.2) is 0 Å². The lowest BCUT2D eigenvalue weighted by atomic mass is 10.1. The molecule has 0 fully saturated rings. The van der Waals surface area contributed by atoms with E-state index in [0.29, 0.717) is 17.1 Å². The third-order valence-corrected chi connectivity index (χ3v) is 6.08. The highest BCUT2D eigenvalue weighted by Gasteiger charge is 2.31. The summed E-state index contributed by atoms with van der Waals surface area (Å²) in [5, 5.41) is 3.99. The fourth-order valence-corrected chi connectivity index (χ4v) is 4.17. The molecule has 0 spiro atoms. The summed E-state index contributed by atoms with van der Waals surface area (Å²) in [5.41, 5.74) is 2.25. The maximum atomic E-state index is 14.4. The van der Waals surface area contributed by atoms with Crippen LogP contribution in [0.25, 0.3) is 11.0 Å². The molecule has 172 valence electrons. The standard InChI is InChI=1S/C25H20ClFN4O3/c1-30-14-21-22(31(25(30)33)13-18-19(26)6-4-7-20(18)27)10-16(11-28-21)24(32)29-12-17-9-15-5-2-3-8-23(15)34-17/h2-11H,12-14H2,1H3,(H,29,32). The van der Waals surface area contributed by atoms with Crippen molar-refractivity contribution in [2.75, 3.05) is 11.9 Å². The van der Waals surface area contributed by atoms with E-state index in [9.17, 15) is 14.0 Å². The number of para-hydroxylation sites is 1. The Morgan fingerprint density at radius 1 is 1.21 bits per heavy atom. The van der Waals surface area contributed by atoms with E-state index in [1.807, 2.05) is 30.3 Å². The number of nitrogens with zero attached hydrogens (tertiary/aromatic N) is 3. The molecule has 0 unspecified atom stereocenters. The van der Waals surface area contributed by atoms with Gasteiger partial charge in [0, 0.05) is 29.2 Å². The van der Waals surface area contributed by atoms with E-state index in [2.05, 4.69) is 10.3 Å². The molecule has 9 heteroatoms. The molecule has 3 heterocycles. The minimum Gasteiger partial charge on any atom is -0.459 e. The van der Waals surface area contributed by atoms with Gasteiger partial charge in [0.1, 0.15) is 17.2 Å². The third kappa shape index (κ3) is 4.08. The lowest BCUT2D eigenvalue weighted by Crippen LogP contribution is -2.45. The monoisotopic (exact) mass is 478 g/mol. The second kappa shape index (κ2) is 8.79. The van der Waals surface area contributed by atoms with Crippen LogP contribution in [0.3, 0.4) is 0 Å². The lowest BCUT2D eigenvalue weighted by Gasteiger charge is -2.34. The number of nitrogens with one attached hydrogen (secondary N) is 1. The quantitative estimate of drug-likeness (QED) is 0.431. The fourth-order valence-electron chi connectivity index (χ4n) is 3.95. The van der Waals surface area contributed by atoms with Gasteiger partial charge >= 0.3 is 6.03 Å². The van der Waals surface area contributed by atoms with Gasteiger partial charge in [-0.1, -0.05) is 35.9 Å². The molecule has 1 aliphatic rings. The first-order valence-electron chi connectivity index (χ1n) is 10.6. The number of benzene rings is 2. The van der Waals surface area contributed by atoms with Gasteiger partial charge in [-0.15, -0.1) is 0 Å². The molecule has 7 nitrogen and oxygen atoms in total. The number of carbonyl (C=O) groups is 2. The number of fused-ring (bicyclic) bond motifs is 2. The number of carbonyl (C=O) groups excluding carboxylic acids is 2. The van der Waals surface area contributed by atoms with E-state index in [4.69, 9.17) is 16.0 Å². The molecular weight excluding hydrogens is 459 g/mol. The summed E-state index contributed by atoms with van der Waals surface area (Å²) in [6.45, 7) is 0.380. The SMILES string of the molecule is CN1Cc2ncc(C(=O)NCc3cc4ccccc4o3)cc2N(Cc2c(F)cccc2Cl)C1=O. The van der Waals surface area contributed by atoms with Crippen molar-refractivity contribution in [3.63, 3.8) is 0 Å². The highest BCUT2D eigenvalue weighted by Crippen LogP contribution is 2.31. The average molecular weight is 479 g/mol. The van der Waals surface area contributed by atoms with Crippen molar-refractivity contribution < 1.29 is 18.4 Å².